The molecule has 7 heteroatoms. The van der Waals surface area contributed by atoms with Gasteiger partial charge >= 0.3 is 0 Å². The normalized spacial score (nSPS) is 10.5. The zero-order chi connectivity index (χ0) is 21.8. The van der Waals surface area contributed by atoms with Gasteiger partial charge in [0, 0.05) is 42.3 Å². The summed E-state index contributed by atoms with van der Waals surface area (Å²) >= 11 is 0. The Morgan fingerprint density at radius 3 is 2.35 bits per heavy atom. The van der Waals surface area contributed by atoms with Crippen LogP contribution in [0.25, 0.3) is 11.3 Å². The topological polar surface area (TPSA) is 88.9 Å². The molecule has 0 aliphatic carbocycles. The minimum absolute atomic E-state index is 0.195. The molecule has 7 nitrogen and oxygen atoms in total. The average molecular weight is 411 g/mol. The van der Waals surface area contributed by atoms with Crippen molar-refractivity contribution in [2.24, 2.45) is 7.05 Å². The summed E-state index contributed by atoms with van der Waals surface area (Å²) in [7, 11) is 1.77. The molecule has 0 aliphatic heterocycles. The Hall–Kier alpha value is -4.26. The first-order valence-corrected chi connectivity index (χ1v) is 9.74. The van der Waals surface area contributed by atoms with Crippen LogP contribution in [0.3, 0.4) is 0 Å². The molecule has 0 saturated carbocycles. The number of anilines is 2. The maximum atomic E-state index is 12.5. The van der Waals surface area contributed by atoms with E-state index in [4.69, 9.17) is 0 Å². The van der Waals surface area contributed by atoms with E-state index in [0.717, 1.165) is 11.1 Å². The molecular formula is C24H21N5O2. The Bertz CT molecular complexity index is 1230. The van der Waals surface area contributed by atoms with Crippen LogP contribution in [0.2, 0.25) is 0 Å². The zero-order valence-electron chi connectivity index (χ0n) is 17.2. The van der Waals surface area contributed by atoms with Gasteiger partial charge in [-0.25, -0.2) is 0 Å². The number of aryl methyl sites for hydroxylation is 2. The number of carbonyl (C=O) groups is 2. The molecule has 0 aliphatic rings. The number of nitrogens with one attached hydrogen (secondary N) is 2. The highest BCUT2D eigenvalue weighted by atomic mass is 16.2. The van der Waals surface area contributed by atoms with Crippen LogP contribution in [0.5, 0.6) is 0 Å². The Morgan fingerprint density at radius 2 is 1.65 bits per heavy atom. The van der Waals surface area contributed by atoms with E-state index in [-0.39, 0.29) is 11.8 Å². The van der Waals surface area contributed by atoms with E-state index in [1.807, 2.05) is 55.5 Å². The van der Waals surface area contributed by atoms with Crippen LogP contribution >= 0.6 is 0 Å². The van der Waals surface area contributed by atoms with E-state index < -0.39 is 0 Å². The number of carbonyl (C=O) groups excluding carboxylic acids is 2. The van der Waals surface area contributed by atoms with Crippen molar-refractivity contribution < 1.29 is 9.59 Å². The van der Waals surface area contributed by atoms with Gasteiger partial charge < -0.3 is 10.6 Å². The maximum Gasteiger partial charge on any atom is 0.257 e. The molecule has 154 valence electrons. The van der Waals surface area contributed by atoms with E-state index in [9.17, 15) is 9.59 Å². The molecule has 2 heterocycles. The molecule has 4 aromatic rings. The number of hydrogen-bond donors (Lipinski definition) is 2. The van der Waals surface area contributed by atoms with Crippen molar-refractivity contribution in [1.29, 1.82) is 0 Å². The van der Waals surface area contributed by atoms with E-state index in [2.05, 4.69) is 20.7 Å². The summed E-state index contributed by atoms with van der Waals surface area (Å²) in [5, 5.41) is 10.2. The molecular weight excluding hydrogens is 390 g/mol. The number of aromatic nitrogens is 3. The van der Waals surface area contributed by atoms with Gasteiger partial charge in [-0.05, 0) is 42.8 Å². The molecule has 2 aromatic heterocycles. The standard InChI is InChI=1S/C24H21N5O2/c1-16-12-13-25-15-20(16)24(31)26-19-10-8-17(9-11-19)21-14-22(29(2)28-21)27-23(30)18-6-4-3-5-7-18/h3-15H,1-2H3,(H,26,31)(H,27,30). The molecule has 0 atom stereocenters. The quantitative estimate of drug-likeness (QED) is 0.513. The summed E-state index contributed by atoms with van der Waals surface area (Å²) in [5.74, 6) is 0.189. The van der Waals surface area contributed by atoms with Gasteiger partial charge in [-0.3, -0.25) is 19.3 Å². The van der Waals surface area contributed by atoms with Gasteiger partial charge in [-0.1, -0.05) is 30.3 Å². The van der Waals surface area contributed by atoms with Crippen molar-refractivity contribution in [3.63, 3.8) is 0 Å². The minimum atomic E-state index is -0.206. The SMILES string of the molecule is Cc1ccncc1C(=O)Nc1ccc(-c2cc(NC(=O)c3ccccc3)n(C)n2)cc1. The molecule has 2 aromatic carbocycles. The van der Waals surface area contributed by atoms with Crippen molar-refractivity contribution in [1.82, 2.24) is 14.8 Å². The van der Waals surface area contributed by atoms with Crippen molar-refractivity contribution >= 4 is 23.3 Å². The van der Waals surface area contributed by atoms with Crippen molar-refractivity contribution in [3.05, 3.63) is 95.8 Å². The fourth-order valence-electron chi connectivity index (χ4n) is 3.13. The molecule has 0 fully saturated rings. The third kappa shape index (κ3) is 4.51. The number of rotatable bonds is 5. The van der Waals surface area contributed by atoms with E-state index in [1.54, 1.807) is 42.3 Å². The molecule has 0 unspecified atom stereocenters. The molecule has 0 radical (unpaired) electrons. The van der Waals surface area contributed by atoms with Crippen LogP contribution in [-0.2, 0) is 7.05 Å². The lowest BCUT2D eigenvalue weighted by Gasteiger charge is -2.07. The second kappa shape index (κ2) is 8.62. The summed E-state index contributed by atoms with van der Waals surface area (Å²) < 4.78 is 1.62. The zero-order valence-corrected chi connectivity index (χ0v) is 17.2. The molecule has 31 heavy (non-hydrogen) atoms. The van der Waals surface area contributed by atoms with Crippen molar-refractivity contribution in [2.75, 3.05) is 10.6 Å². The predicted octanol–water partition coefficient (Wildman–Crippen LogP) is 4.30. The average Bonchev–Trinajstić information content (AvgIpc) is 3.15. The van der Waals surface area contributed by atoms with Crippen LogP contribution < -0.4 is 10.6 Å². The predicted molar refractivity (Wildman–Crippen MR) is 120 cm³/mol. The Morgan fingerprint density at radius 1 is 0.903 bits per heavy atom. The lowest BCUT2D eigenvalue weighted by atomic mass is 10.1. The van der Waals surface area contributed by atoms with Crippen LogP contribution in [0.4, 0.5) is 11.5 Å². The van der Waals surface area contributed by atoms with Gasteiger partial charge in [0.25, 0.3) is 11.8 Å². The first-order valence-electron chi connectivity index (χ1n) is 9.74. The van der Waals surface area contributed by atoms with Crippen LogP contribution in [0.1, 0.15) is 26.3 Å². The smallest absolute Gasteiger partial charge is 0.257 e. The molecule has 2 amide bonds. The molecule has 0 saturated heterocycles. The summed E-state index contributed by atoms with van der Waals surface area (Å²) in [5.41, 5.74) is 4.23. The molecule has 0 spiro atoms. The summed E-state index contributed by atoms with van der Waals surface area (Å²) in [4.78, 5) is 28.9. The number of amides is 2. The van der Waals surface area contributed by atoms with E-state index in [0.29, 0.717) is 28.3 Å². The summed E-state index contributed by atoms with van der Waals surface area (Å²) in [6.45, 7) is 1.87. The number of benzene rings is 2. The van der Waals surface area contributed by atoms with Crippen LogP contribution in [-0.4, -0.2) is 26.6 Å². The number of nitrogens with zero attached hydrogens (tertiary/aromatic N) is 3. The second-order valence-corrected chi connectivity index (χ2v) is 7.08. The van der Waals surface area contributed by atoms with E-state index >= 15 is 0 Å². The Kier molecular flexibility index (Phi) is 5.57. The van der Waals surface area contributed by atoms with Gasteiger partial charge in [0.1, 0.15) is 5.82 Å². The maximum absolute atomic E-state index is 12.5. The third-order valence-electron chi connectivity index (χ3n) is 4.88. The van der Waals surface area contributed by atoms with Gasteiger partial charge in [0.05, 0.1) is 11.3 Å². The highest BCUT2D eigenvalue weighted by Gasteiger charge is 2.13. The number of hydrogen-bond acceptors (Lipinski definition) is 4. The molecule has 2 N–H and O–H groups in total. The summed E-state index contributed by atoms with van der Waals surface area (Å²) in [6.07, 6.45) is 3.21. The Balaban J connectivity index is 1.47. The number of pyridine rings is 1. The van der Waals surface area contributed by atoms with Crippen LogP contribution in [0, 0.1) is 6.92 Å². The van der Waals surface area contributed by atoms with Gasteiger partial charge in [-0.2, -0.15) is 5.10 Å². The van der Waals surface area contributed by atoms with Crippen LogP contribution in [0.15, 0.2) is 79.1 Å². The fourth-order valence-corrected chi connectivity index (χ4v) is 3.13. The highest BCUT2D eigenvalue weighted by molar-refractivity contribution is 6.05. The Labute approximate surface area is 179 Å². The van der Waals surface area contributed by atoms with Crippen molar-refractivity contribution in [2.45, 2.75) is 6.92 Å². The highest BCUT2D eigenvalue weighted by Crippen LogP contribution is 2.24. The largest absolute Gasteiger partial charge is 0.322 e. The molecule has 4 rings (SSSR count). The molecule has 0 bridgehead atoms. The van der Waals surface area contributed by atoms with E-state index in [1.165, 1.54) is 0 Å². The lowest BCUT2D eigenvalue weighted by Crippen LogP contribution is -2.14. The van der Waals surface area contributed by atoms with Gasteiger partial charge in [0.15, 0.2) is 0 Å². The van der Waals surface area contributed by atoms with Crippen molar-refractivity contribution in [3.8, 4) is 11.3 Å². The third-order valence-corrected chi connectivity index (χ3v) is 4.88. The fraction of sp³-hybridized carbons (Fsp3) is 0.0833. The monoisotopic (exact) mass is 411 g/mol. The van der Waals surface area contributed by atoms with Gasteiger partial charge in [-0.15, -0.1) is 0 Å². The lowest BCUT2D eigenvalue weighted by molar-refractivity contribution is 0.101. The minimum Gasteiger partial charge on any atom is -0.322 e. The second-order valence-electron chi connectivity index (χ2n) is 7.08. The van der Waals surface area contributed by atoms with Gasteiger partial charge in [0.2, 0.25) is 0 Å². The summed E-state index contributed by atoms with van der Waals surface area (Å²) in [6, 6.07) is 20.0. The first-order chi connectivity index (χ1) is 15.0. The first kappa shape index (κ1) is 20.0.